The van der Waals surface area contributed by atoms with Gasteiger partial charge >= 0.3 is 0 Å². The predicted molar refractivity (Wildman–Crippen MR) is 77.3 cm³/mol. The van der Waals surface area contributed by atoms with Crippen molar-refractivity contribution in [1.29, 1.82) is 0 Å². The first-order valence-corrected chi connectivity index (χ1v) is 7.54. The third kappa shape index (κ3) is 2.81. The second kappa shape index (κ2) is 5.65. The SMILES string of the molecule is CCC(Br)c1nnc(-c2cccc(Cl)c2Cl)s1. The lowest BCUT2D eigenvalue weighted by Crippen LogP contribution is -1.85. The first-order chi connectivity index (χ1) is 8.13. The zero-order chi connectivity index (χ0) is 12.4. The van der Waals surface area contributed by atoms with Gasteiger partial charge in [0.15, 0.2) is 0 Å². The first-order valence-electron chi connectivity index (χ1n) is 5.05. The Labute approximate surface area is 122 Å². The largest absolute Gasteiger partial charge is 0.149 e. The van der Waals surface area contributed by atoms with Gasteiger partial charge in [0.25, 0.3) is 0 Å². The number of halogens is 3. The van der Waals surface area contributed by atoms with Crippen LogP contribution in [0.25, 0.3) is 10.6 Å². The van der Waals surface area contributed by atoms with E-state index < -0.39 is 0 Å². The molecule has 2 aromatic rings. The van der Waals surface area contributed by atoms with Crippen LogP contribution in [0.1, 0.15) is 23.2 Å². The number of benzene rings is 1. The molecule has 0 aliphatic carbocycles. The molecule has 1 atom stereocenters. The van der Waals surface area contributed by atoms with Crippen LogP contribution in [-0.2, 0) is 0 Å². The molecule has 0 amide bonds. The van der Waals surface area contributed by atoms with Crippen LogP contribution in [0.3, 0.4) is 0 Å². The van der Waals surface area contributed by atoms with Gasteiger partial charge in [-0.25, -0.2) is 0 Å². The van der Waals surface area contributed by atoms with Crippen molar-refractivity contribution >= 4 is 50.5 Å². The van der Waals surface area contributed by atoms with Gasteiger partial charge in [0, 0.05) is 5.56 Å². The Morgan fingerprint density at radius 1 is 1.35 bits per heavy atom. The fourth-order valence-corrected chi connectivity index (χ4v) is 3.07. The maximum Gasteiger partial charge on any atom is 0.149 e. The van der Waals surface area contributed by atoms with E-state index in [4.69, 9.17) is 23.2 Å². The minimum absolute atomic E-state index is 0.242. The molecule has 1 aromatic heterocycles. The number of aromatic nitrogens is 2. The first kappa shape index (κ1) is 13.3. The summed E-state index contributed by atoms with van der Waals surface area (Å²) in [6.45, 7) is 2.09. The van der Waals surface area contributed by atoms with E-state index in [-0.39, 0.29) is 4.83 Å². The Bertz CT molecular complexity index is 530. The monoisotopic (exact) mass is 350 g/mol. The van der Waals surface area contributed by atoms with E-state index in [0.29, 0.717) is 10.0 Å². The van der Waals surface area contributed by atoms with E-state index in [1.165, 1.54) is 11.3 Å². The molecule has 0 N–H and O–H groups in total. The van der Waals surface area contributed by atoms with E-state index in [0.717, 1.165) is 22.0 Å². The normalized spacial score (nSPS) is 12.7. The van der Waals surface area contributed by atoms with Crippen LogP contribution < -0.4 is 0 Å². The van der Waals surface area contributed by atoms with Crippen LogP contribution in [0.15, 0.2) is 18.2 Å². The fraction of sp³-hybridized carbons (Fsp3) is 0.273. The second-order valence-corrected chi connectivity index (χ2v) is 6.32. The molecule has 0 aliphatic heterocycles. The highest BCUT2D eigenvalue weighted by Gasteiger charge is 2.15. The molecular formula is C11H9BrCl2N2S. The van der Waals surface area contributed by atoms with Crippen molar-refractivity contribution in [3.8, 4) is 10.6 Å². The smallest absolute Gasteiger partial charge is 0.142 e. The molecule has 0 spiro atoms. The van der Waals surface area contributed by atoms with E-state index in [9.17, 15) is 0 Å². The standard InChI is InChI=1S/C11H9BrCl2N2S/c1-2-7(12)11-16-15-10(17-11)6-4-3-5-8(13)9(6)14/h3-5,7H,2H2,1H3. The summed E-state index contributed by atoms with van der Waals surface area (Å²) in [4.78, 5) is 0.242. The Morgan fingerprint density at radius 3 is 2.82 bits per heavy atom. The van der Waals surface area contributed by atoms with E-state index in [2.05, 4.69) is 33.1 Å². The summed E-state index contributed by atoms with van der Waals surface area (Å²) in [7, 11) is 0. The molecule has 0 fully saturated rings. The molecule has 2 nitrogen and oxygen atoms in total. The number of rotatable bonds is 3. The summed E-state index contributed by atoms with van der Waals surface area (Å²) in [6.07, 6.45) is 0.970. The molecule has 0 saturated carbocycles. The van der Waals surface area contributed by atoms with Crippen molar-refractivity contribution in [1.82, 2.24) is 10.2 Å². The molecule has 2 rings (SSSR count). The summed E-state index contributed by atoms with van der Waals surface area (Å²) in [5, 5.41) is 11.1. The molecule has 6 heteroatoms. The van der Waals surface area contributed by atoms with Gasteiger partial charge in [0.05, 0.1) is 14.9 Å². The summed E-state index contributed by atoms with van der Waals surface area (Å²) < 4.78 is 0. The zero-order valence-electron chi connectivity index (χ0n) is 8.95. The van der Waals surface area contributed by atoms with E-state index >= 15 is 0 Å². The third-order valence-electron chi connectivity index (χ3n) is 2.25. The van der Waals surface area contributed by atoms with Crippen LogP contribution in [0, 0.1) is 0 Å². The molecule has 17 heavy (non-hydrogen) atoms. The Balaban J connectivity index is 2.40. The molecule has 0 radical (unpaired) electrons. The van der Waals surface area contributed by atoms with Crippen LogP contribution >= 0.6 is 50.5 Å². The summed E-state index contributed by atoms with van der Waals surface area (Å²) in [5.74, 6) is 0. The van der Waals surface area contributed by atoms with Gasteiger partial charge in [-0.2, -0.15) is 0 Å². The van der Waals surface area contributed by atoms with Crippen molar-refractivity contribution in [2.24, 2.45) is 0 Å². The predicted octanol–water partition coefficient (Wildman–Crippen LogP) is 5.36. The van der Waals surface area contributed by atoms with E-state index in [1.807, 2.05) is 12.1 Å². The number of hydrogen-bond donors (Lipinski definition) is 0. The van der Waals surface area contributed by atoms with Crippen LogP contribution in [0.2, 0.25) is 10.0 Å². The fourth-order valence-electron chi connectivity index (χ4n) is 1.31. The lowest BCUT2D eigenvalue weighted by Gasteiger charge is -2.01. The highest BCUT2D eigenvalue weighted by Crippen LogP contribution is 2.37. The lowest BCUT2D eigenvalue weighted by molar-refractivity contribution is 0.870. The van der Waals surface area contributed by atoms with Crippen molar-refractivity contribution in [3.63, 3.8) is 0 Å². The lowest BCUT2D eigenvalue weighted by atomic mass is 10.2. The summed E-state index contributed by atoms with van der Waals surface area (Å²) in [6, 6.07) is 5.51. The van der Waals surface area contributed by atoms with Gasteiger partial charge in [0.2, 0.25) is 0 Å². The maximum atomic E-state index is 6.15. The minimum Gasteiger partial charge on any atom is -0.142 e. The third-order valence-corrected chi connectivity index (χ3v) is 5.52. The minimum atomic E-state index is 0.242. The van der Waals surface area contributed by atoms with E-state index in [1.54, 1.807) is 6.07 Å². The van der Waals surface area contributed by atoms with Crippen LogP contribution in [-0.4, -0.2) is 10.2 Å². The summed E-state index contributed by atoms with van der Waals surface area (Å²) in [5.41, 5.74) is 0.832. The topological polar surface area (TPSA) is 25.8 Å². The molecule has 1 aromatic carbocycles. The summed E-state index contributed by atoms with van der Waals surface area (Å²) >= 11 is 17.2. The Morgan fingerprint density at radius 2 is 2.12 bits per heavy atom. The molecule has 90 valence electrons. The molecule has 0 aliphatic rings. The molecule has 1 unspecified atom stereocenters. The van der Waals surface area contributed by atoms with Crippen molar-refractivity contribution in [2.75, 3.05) is 0 Å². The maximum absolute atomic E-state index is 6.15. The molecule has 0 bridgehead atoms. The van der Waals surface area contributed by atoms with Crippen molar-refractivity contribution in [3.05, 3.63) is 33.3 Å². The second-order valence-electron chi connectivity index (χ2n) is 3.42. The Kier molecular flexibility index (Phi) is 4.42. The quantitative estimate of drug-likeness (QED) is 0.696. The zero-order valence-corrected chi connectivity index (χ0v) is 12.9. The van der Waals surface area contributed by atoms with Gasteiger partial charge in [-0.05, 0) is 12.5 Å². The molecular weight excluding hydrogens is 343 g/mol. The number of alkyl halides is 1. The van der Waals surface area contributed by atoms with Crippen molar-refractivity contribution in [2.45, 2.75) is 18.2 Å². The van der Waals surface area contributed by atoms with Gasteiger partial charge in [-0.1, -0.05) is 69.5 Å². The van der Waals surface area contributed by atoms with Crippen LogP contribution in [0.5, 0.6) is 0 Å². The average molecular weight is 352 g/mol. The molecule has 1 heterocycles. The van der Waals surface area contributed by atoms with Gasteiger partial charge in [-0.15, -0.1) is 10.2 Å². The highest BCUT2D eigenvalue weighted by molar-refractivity contribution is 9.09. The highest BCUT2D eigenvalue weighted by atomic mass is 79.9. The number of hydrogen-bond acceptors (Lipinski definition) is 3. The van der Waals surface area contributed by atoms with Gasteiger partial charge in [0.1, 0.15) is 10.0 Å². The van der Waals surface area contributed by atoms with Crippen molar-refractivity contribution < 1.29 is 0 Å². The molecule has 0 saturated heterocycles. The van der Waals surface area contributed by atoms with Crippen LogP contribution in [0.4, 0.5) is 0 Å². The average Bonchev–Trinajstić information content (AvgIpc) is 2.81. The van der Waals surface area contributed by atoms with Gasteiger partial charge < -0.3 is 0 Å². The van der Waals surface area contributed by atoms with Gasteiger partial charge in [-0.3, -0.25) is 0 Å². The number of nitrogens with zero attached hydrogens (tertiary/aromatic N) is 2. The Hall–Kier alpha value is -0.160.